The van der Waals surface area contributed by atoms with Crippen molar-refractivity contribution in [3.05, 3.63) is 103 Å². The number of fused-ring (bicyclic) bond motifs is 4. The maximum Gasteiger partial charge on any atom is 0.136 e. The van der Waals surface area contributed by atoms with Crippen LogP contribution in [0.25, 0.3) is 55.1 Å². The Morgan fingerprint density at radius 2 is 1.37 bits per heavy atom. The fourth-order valence-electron chi connectivity index (χ4n) is 4.23. The third kappa shape index (κ3) is 2.69. The molecule has 0 radical (unpaired) electrons. The molecule has 0 fully saturated rings. The maximum absolute atomic E-state index is 6.14. The highest BCUT2D eigenvalue weighted by Gasteiger charge is 2.12. The Labute approximate surface area is 174 Å². The maximum atomic E-state index is 6.14. The number of aryl methyl sites for hydroxylation is 1. The van der Waals surface area contributed by atoms with Crippen molar-refractivity contribution in [1.82, 2.24) is 4.98 Å². The van der Waals surface area contributed by atoms with E-state index >= 15 is 0 Å². The summed E-state index contributed by atoms with van der Waals surface area (Å²) in [6.07, 6.45) is 1.96. The van der Waals surface area contributed by atoms with Gasteiger partial charge in [0, 0.05) is 22.5 Å². The van der Waals surface area contributed by atoms with Crippen molar-refractivity contribution < 1.29 is 4.42 Å². The predicted octanol–water partition coefficient (Wildman–Crippen LogP) is 7.78. The minimum absolute atomic E-state index is 0.902. The van der Waals surface area contributed by atoms with Gasteiger partial charge < -0.3 is 4.42 Å². The molecule has 6 aromatic rings. The van der Waals surface area contributed by atoms with E-state index < -0.39 is 0 Å². The number of hydrogen-bond acceptors (Lipinski definition) is 2. The van der Waals surface area contributed by atoms with Gasteiger partial charge in [0.2, 0.25) is 0 Å². The molecule has 2 nitrogen and oxygen atoms in total. The van der Waals surface area contributed by atoms with Crippen LogP contribution in [0, 0.1) is 6.92 Å². The van der Waals surface area contributed by atoms with Crippen molar-refractivity contribution in [2.45, 2.75) is 6.92 Å². The number of rotatable bonds is 2. The molecule has 142 valence electrons. The zero-order valence-corrected chi connectivity index (χ0v) is 16.6. The molecule has 4 aromatic carbocycles. The zero-order valence-electron chi connectivity index (χ0n) is 16.6. The lowest BCUT2D eigenvalue weighted by Gasteiger charge is -2.09. The molecule has 0 saturated heterocycles. The summed E-state index contributed by atoms with van der Waals surface area (Å²) in [5.41, 5.74) is 7.48. The van der Waals surface area contributed by atoms with Crippen LogP contribution in [-0.2, 0) is 0 Å². The second-order valence-electron chi connectivity index (χ2n) is 7.76. The largest absolute Gasteiger partial charge is 0.456 e. The molecule has 0 bridgehead atoms. The topological polar surface area (TPSA) is 26.0 Å². The van der Waals surface area contributed by atoms with Crippen molar-refractivity contribution >= 4 is 32.7 Å². The summed E-state index contributed by atoms with van der Waals surface area (Å²) in [5, 5.41) is 4.67. The monoisotopic (exact) mass is 385 g/mol. The van der Waals surface area contributed by atoms with Gasteiger partial charge in [0.15, 0.2) is 0 Å². The quantitative estimate of drug-likeness (QED) is 0.304. The van der Waals surface area contributed by atoms with Gasteiger partial charge in [-0.1, -0.05) is 54.6 Å². The van der Waals surface area contributed by atoms with Crippen molar-refractivity contribution in [3.8, 4) is 22.4 Å². The Balaban J connectivity index is 1.55. The van der Waals surface area contributed by atoms with E-state index in [0.29, 0.717) is 0 Å². The SMILES string of the molecule is Cc1cnc(-c2ccc3oc4cc5ccccc5cc4c3c2)cc1-c1ccccc1. The average Bonchev–Trinajstić information content (AvgIpc) is 3.15. The number of nitrogens with zero attached hydrogens (tertiary/aromatic N) is 1. The highest BCUT2D eigenvalue weighted by molar-refractivity contribution is 6.10. The van der Waals surface area contributed by atoms with Gasteiger partial charge in [-0.2, -0.15) is 0 Å². The predicted molar refractivity (Wildman–Crippen MR) is 125 cm³/mol. The molecule has 2 aromatic heterocycles. The smallest absolute Gasteiger partial charge is 0.136 e. The van der Waals surface area contributed by atoms with E-state index in [0.717, 1.165) is 33.2 Å². The standard InChI is InChI=1S/C28H19NO/c1-18-17-29-26(16-23(18)19-7-3-2-4-8-19)22-11-12-27-24(14-22)25-13-20-9-5-6-10-21(20)15-28(25)30-27/h2-17H,1H3. The van der Waals surface area contributed by atoms with Crippen molar-refractivity contribution in [2.75, 3.05) is 0 Å². The fraction of sp³-hybridized carbons (Fsp3) is 0.0357. The summed E-state index contributed by atoms with van der Waals surface area (Å²) >= 11 is 0. The first-order valence-electron chi connectivity index (χ1n) is 10.1. The molecular weight excluding hydrogens is 366 g/mol. The lowest BCUT2D eigenvalue weighted by atomic mass is 9.99. The molecule has 6 rings (SSSR count). The summed E-state index contributed by atoms with van der Waals surface area (Å²) in [5.74, 6) is 0. The third-order valence-corrected chi connectivity index (χ3v) is 5.82. The molecule has 0 unspecified atom stereocenters. The fourth-order valence-corrected chi connectivity index (χ4v) is 4.23. The van der Waals surface area contributed by atoms with Crippen LogP contribution in [0.3, 0.4) is 0 Å². The van der Waals surface area contributed by atoms with Gasteiger partial charge in [-0.05, 0) is 70.8 Å². The van der Waals surface area contributed by atoms with Gasteiger partial charge in [-0.15, -0.1) is 0 Å². The van der Waals surface area contributed by atoms with E-state index in [9.17, 15) is 0 Å². The van der Waals surface area contributed by atoms with Gasteiger partial charge in [-0.3, -0.25) is 4.98 Å². The van der Waals surface area contributed by atoms with Gasteiger partial charge in [0.05, 0.1) is 5.69 Å². The highest BCUT2D eigenvalue weighted by atomic mass is 16.3. The molecule has 0 aliphatic carbocycles. The molecule has 0 aliphatic rings. The first kappa shape index (κ1) is 17.0. The summed E-state index contributed by atoms with van der Waals surface area (Å²) < 4.78 is 6.14. The summed E-state index contributed by atoms with van der Waals surface area (Å²) in [6, 6.07) is 31.7. The molecule has 0 spiro atoms. The molecule has 0 amide bonds. The lowest BCUT2D eigenvalue weighted by Crippen LogP contribution is -1.89. The van der Waals surface area contributed by atoms with Gasteiger partial charge in [0.1, 0.15) is 11.2 Å². The minimum Gasteiger partial charge on any atom is -0.456 e. The Morgan fingerprint density at radius 1 is 0.633 bits per heavy atom. The molecule has 2 heteroatoms. The minimum atomic E-state index is 0.902. The Bertz CT molecular complexity index is 1540. The van der Waals surface area contributed by atoms with Crippen molar-refractivity contribution in [3.63, 3.8) is 0 Å². The average molecular weight is 385 g/mol. The Hall–Kier alpha value is -3.91. The van der Waals surface area contributed by atoms with Gasteiger partial charge in [0.25, 0.3) is 0 Å². The lowest BCUT2D eigenvalue weighted by molar-refractivity contribution is 0.669. The van der Waals surface area contributed by atoms with E-state index in [1.165, 1.54) is 27.5 Å². The van der Waals surface area contributed by atoms with Gasteiger partial charge >= 0.3 is 0 Å². The first-order valence-corrected chi connectivity index (χ1v) is 10.1. The molecule has 2 heterocycles. The van der Waals surface area contributed by atoms with E-state index in [1.54, 1.807) is 0 Å². The van der Waals surface area contributed by atoms with Crippen LogP contribution >= 0.6 is 0 Å². The Kier molecular flexibility index (Phi) is 3.72. The third-order valence-electron chi connectivity index (χ3n) is 5.82. The number of furan rings is 1. The van der Waals surface area contributed by atoms with Crippen LogP contribution in [-0.4, -0.2) is 4.98 Å². The number of pyridine rings is 1. The number of aromatic nitrogens is 1. The van der Waals surface area contributed by atoms with Crippen LogP contribution in [0.5, 0.6) is 0 Å². The van der Waals surface area contributed by atoms with Crippen molar-refractivity contribution in [1.29, 1.82) is 0 Å². The number of hydrogen-bond donors (Lipinski definition) is 0. The summed E-state index contributed by atoms with van der Waals surface area (Å²) in [7, 11) is 0. The van der Waals surface area contributed by atoms with E-state index in [4.69, 9.17) is 9.40 Å². The van der Waals surface area contributed by atoms with Crippen LogP contribution < -0.4 is 0 Å². The number of benzene rings is 4. The van der Waals surface area contributed by atoms with Crippen LogP contribution in [0.1, 0.15) is 5.56 Å². The summed E-state index contributed by atoms with van der Waals surface area (Å²) in [6.45, 7) is 2.11. The second-order valence-corrected chi connectivity index (χ2v) is 7.76. The van der Waals surface area contributed by atoms with Gasteiger partial charge in [-0.25, -0.2) is 0 Å². The molecule has 30 heavy (non-hydrogen) atoms. The highest BCUT2D eigenvalue weighted by Crippen LogP contribution is 2.35. The van der Waals surface area contributed by atoms with Crippen LogP contribution in [0.2, 0.25) is 0 Å². The zero-order chi connectivity index (χ0) is 20.1. The van der Waals surface area contributed by atoms with Crippen molar-refractivity contribution in [2.24, 2.45) is 0 Å². The normalized spacial score (nSPS) is 11.5. The summed E-state index contributed by atoms with van der Waals surface area (Å²) in [4.78, 5) is 4.73. The van der Waals surface area contributed by atoms with Crippen LogP contribution in [0.15, 0.2) is 102 Å². The van der Waals surface area contributed by atoms with E-state index in [1.807, 2.05) is 12.3 Å². The first-order chi connectivity index (χ1) is 14.8. The molecule has 0 saturated carbocycles. The molecule has 0 N–H and O–H groups in total. The van der Waals surface area contributed by atoms with E-state index in [2.05, 4.69) is 91.9 Å². The van der Waals surface area contributed by atoms with Crippen LogP contribution in [0.4, 0.5) is 0 Å². The second kappa shape index (κ2) is 6.57. The molecule has 0 aliphatic heterocycles. The molecule has 0 atom stereocenters. The van der Waals surface area contributed by atoms with E-state index in [-0.39, 0.29) is 0 Å². The molecular formula is C28H19NO. The Morgan fingerprint density at radius 3 is 2.20 bits per heavy atom.